The number of imidazole rings is 1. The zero-order chi connectivity index (χ0) is 48.2. The van der Waals surface area contributed by atoms with Crippen molar-refractivity contribution in [2.24, 2.45) is 28.1 Å². The molecule has 1 saturated heterocycles. The van der Waals surface area contributed by atoms with Gasteiger partial charge in [-0.05, 0) is 44.1 Å². The van der Waals surface area contributed by atoms with Gasteiger partial charge in [-0.3, -0.25) is 43.3 Å². The van der Waals surface area contributed by atoms with Crippen LogP contribution in [0, 0.1) is 5.92 Å². The normalized spacial score (nSPS) is 16.5. The van der Waals surface area contributed by atoms with Crippen LogP contribution in [0.1, 0.15) is 70.6 Å². The quantitative estimate of drug-likeness (QED) is 0.0250. The standard InChI is InChI=1S/C41H61N13O11/c1-4-22(2)33(53-34(58)23(3)49-31(55)20-47-36(60)27(12-8-14-46-41(43)44)50-35(59)26(42)18-32(56)57)38(62)51-28(17-25-19-45-21-48-25)39(63)54-15-9-13-30(54)37(61)52-29(40(64)65)16-24-10-6-5-7-11-24/h5-7,10-11,19,21-23,26-30,33H,4,8-9,12-18,20,42H2,1-3H3,(H,45,48)(H,47,60)(H,49,55)(H,50,59)(H,51,62)(H,52,61)(H,53,58)(H,56,57)(H,64,65)(H4,43,44,46)/t22-,23-,26-,27-,28-,29-,30-,33-/m0/s1. The monoisotopic (exact) mass is 911 g/mol. The number of nitrogens with zero attached hydrogens (tertiary/aromatic N) is 3. The third-order valence-electron chi connectivity index (χ3n) is 10.6. The molecule has 2 heterocycles. The molecule has 7 amide bonds. The summed E-state index contributed by atoms with van der Waals surface area (Å²) in [6, 6.07) is 0.0268. The maximum absolute atomic E-state index is 14.3. The number of aliphatic imine (C=N–C) groups is 1. The summed E-state index contributed by atoms with van der Waals surface area (Å²) in [5, 5.41) is 34.0. The molecule has 65 heavy (non-hydrogen) atoms. The lowest BCUT2D eigenvalue weighted by Gasteiger charge is -2.31. The molecule has 0 aliphatic carbocycles. The number of amides is 7. The number of rotatable bonds is 26. The minimum atomic E-state index is -1.46. The Labute approximate surface area is 375 Å². The summed E-state index contributed by atoms with van der Waals surface area (Å²) in [6.45, 7) is 4.42. The molecule has 1 aromatic carbocycles. The molecule has 24 heteroatoms. The van der Waals surface area contributed by atoms with Gasteiger partial charge in [-0.25, -0.2) is 9.78 Å². The molecule has 0 saturated carbocycles. The Hall–Kier alpha value is -7.11. The predicted octanol–water partition coefficient (Wildman–Crippen LogP) is -3.27. The first-order chi connectivity index (χ1) is 30.8. The minimum absolute atomic E-state index is 0.0155. The highest BCUT2D eigenvalue weighted by atomic mass is 16.4. The van der Waals surface area contributed by atoms with Gasteiger partial charge in [-0.1, -0.05) is 50.6 Å². The van der Waals surface area contributed by atoms with Crippen LogP contribution >= 0.6 is 0 Å². The van der Waals surface area contributed by atoms with Crippen LogP contribution < -0.4 is 49.1 Å². The fraction of sp³-hybridized carbons (Fsp3) is 0.537. The van der Waals surface area contributed by atoms with Crippen molar-refractivity contribution in [3.05, 3.63) is 54.1 Å². The Morgan fingerprint density at radius 1 is 0.877 bits per heavy atom. The molecule has 0 unspecified atom stereocenters. The number of carbonyl (C=O) groups excluding carboxylic acids is 7. The first-order valence-corrected chi connectivity index (χ1v) is 21.2. The second kappa shape index (κ2) is 25.9. The first kappa shape index (κ1) is 52.2. The Bertz CT molecular complexity index is 2000. The van der Waals surface area contributed by atoms with Crippen LogP contribution in [-0.2, 0) is 56.0 Å². The van der Waals surface area contributed by atoms with Gasteiger partial charge in [-0.2, -0.15) is 0 Å². The summed E-state index contributed by atoms with van der Waals surface area (Å²) in [4.78, 5) is 129. The Kier molecular flexibility index (Phi) is 20.8. The van der Waals surface area contributed by atoms with Gasteiger partial charge in [0.05, 0.1) is 25.3 Å². The van der Waals surface area contributed by atoms with E-state index < -0.39 is 114 Å². The van der Waals surface area contributed by atoms with Crippen molar-refractivity contribution in [1.82, 2.24) is 46.8 Å². The molecule has 15 N–H and O–H groups in total. The molecule has 24 nitrogen and oxygen atoms in total. The molecular weight excluding hydrogens is 851 g/mol. The summed E-state index contributed by atoms with van der Waals surface area (Å²) < 4.78 is 0. The number of carboxylic acid groups (broad SMARTS) is 2. The van der Waals surface area contributed by atoms with Gasteiger partial charge in [0.25, 0.3) is 0 Å². The van der Waals surface area contributed by atoms with Crippen LogP contribution in [0.25, 0.3) is 0 Å². The first-order valence-electron chi connectivity index (χ1n) is 21.2. The topological polar surface area (TPSA) is 389 Å². The summed E-state index contributed by atoms with van der Waals surface area (Å²) in [7, 11) is 0. The molecule has 3 rings (SSSR count). The number of aliphatic carboxylic acids is 2. The van der Waals surface area contributed by atoms with Gasteiger partial charge in [0.1, 0.15) is 36.3 Å². The molecule has 1 fully saturated rings. The number of hydrogen-bond donors (Lipinski definition) is 12. The maximum atomic E-state index is 14.3. The zero-order valence-corrected chi connectivity index (χ0v) is 36.6. The summed E-state index contributed by atoms with van der Waals surface area (Å²) in [5.41, 5.74) is 17.5. The van der Waals surface area contributed by atoms with E-state index in [4.69, 9.17) is 22.3 Å². The fourth-order valence-electron chi connectivity index (χ4n) is 6.86. The Morgan fingerprint density at radius 3 is 2.18 bits per heavy atom. The lowest BCUT2D eigenvalue weighted by molar-refractivity contribution is -0.145. The number of likely N-dealkylation sites (tertiary alicyclic amines) is 1. The van der Waals surface area contributed by atoms with Crippen molar-refractivity contribution >= 4 is 59.2 Å². The molecule has 2 aromatic rings. The molecule has 356 valence electrons. The van der Waals surface area contributed by atoms with Crippen molar-refractivity contribution < 1.29 is 53.4 Å². The van der Waals surface area contributed by atoms with Crippen LogP contribution in [0.15, 0.2) is 47.8 Å². The molecule has 8 atom stereocenters. The number of carboxylic acids is 2. The molecule has 0 bridgehead atoms. The van der Waals surface area contributed by atoms with Crippen LogP contribution in [0.3, 0.4) is 0 Å². The van der Waals surface area contributed by atoms with Gasteiger partial charge in [-0.15, -0.1) is 0 Å². The van der Waals surface area contributed by atoms with E-state index in [1.54, 1.807) is 44.2 Å². The average Bonchev–Trinajstić information content (AvgIpc) is 3.98. The van der Waals surface area contributed by atoms with E-state index in [9.17, 15) is 48.3 Å². The van der Waals surface area contributed by atoms with Crippen LogP contribution in [0.2, 0.25) is 0 Å². The van der Waals surface area contributed by atoms with E-state index in [0.717, 1.165) is 0 Å². The molecule has 0 spiro atoms. The van der Waals surface area contributed by atoms with Gasteiger partial charge in [0, 0.05) is 37.8 Å². The highest BCUT2D eigenvalue weighted by Gasteiger charge is 2.40. The van der Waals surface area contributed by atoms with Crippen LogP contribution in [-0.4, -0.2) is 146 Å². The van der Waals surface area contributed by atoms with Gasteiger partial charge in [0.2, 0.25) is 41.4 Å². The Morgan fingerprint density at radius 2 is 1.57 bits per heavy atom. The second-order valence-electron chi connectivity index (χ2n) is 15.7. The van der Waals surface area contributed by atoms with E-state index in [2.05, 4.69) is 46.9 Å². The fourth-order valence-corrected chi connectivity index (χ4v) is 6.86. The number of hydrogen-bond acceptors (Lipinski definition) is 12. The molecular formula is C41H61N13O11. The predicted molar refractivity (Wildman–Crippen MR) is 233 cm³/mol. The number of carbonyl (C=O) groups is 9. The molecule has 1 aliphatic rings. The van der Waals surface area contributed by atoms with Crippen molar-refractivity contribution in [2.45, 2.75) is 114 Å². The minimum Gasteiger partial charge on any atom is -0.481 e. The number of aromatic amines is 1. The van der Waals surface area contributed by atoms with E-state index in [1.165, 1.54) is 24.3 Å². The molecule has 1 aromatic heterocycles. The third-order valence-corrected chi connectivity index (χ3v) is 10.6. The smallest absolute Gasteiger partial charge is 0.326 e. The molecule has 0 radical (unpaired) electrons. The van der Waals surface area contributed by atoms with E-state index in [0.29, 0.717) is 24.1 Å². The average molecular weight is 912 g/mol. The summed E-state index contributed by atoms with van der Waals surface area (Å²) in [6.07, 6.45) is 3.37. The largest absolute Gasteiger partial charge is 0.481 e. The number of aromatic nitrogens is 2. The molecule has 1 aliphatic heterocycles. The second-order valence-corrected chi connectivity index (χ2v) is 15.7. The van der Waals surface area contributed by atoms with Crippen LogP contribution in [0.5, 0.6) is 0 Å². The number of nitrogens with one attached hydrogen (secondary N) is 7. The summed E-state index contributed by atoms with van der Waals surface area (Å²) in [5.74, 6) is -8.61. The lowest BCUT2D eigenvalue weighted by atomic mass is 9.97. The third kappa shape index (κ3) is 17.2. The van der Waals surface area contributed by atoms with Gasteiger partial charge < -0.3 is 69.2 Å². The summed E-state index contributed by atoms with van der Waals surface area (Å²) >= 11 is 0. The van der Waals surface area contributed by atoms with Crippen molar-refractivity contribution in [1.29, 1.82) is 0 Å². The lowest BCUT2D eigenvalue weighted by Crippen LogP contribution is -2.60. The number of nitrogens with two attached hydrogens (primary N) is 3. The Balaban J connectivity index is 1.68. The zero-order valence-electron chi connectivity index (χ0n) is 36.6. The van der Waals surface area contributed by atoms with E-state index in [1.807, 2.05) is 0 Å². The van der Waals surface area contributed by atoms with Crippen molar-refractivity contribution in [2.75, 3.05) is 19.6 Å². The highest BCUT2D eigenvalue weighted by molar-refractivity contribution is 5.97. The highest BCUT2D eigenvalue weighted by Crippen LogP contribution is 2.21. The van der Waals surface area contributed by atoms with E-state index in [-0.39, 0.29) is 51.2 Å². The SMILES string of the molecule is CC[C@H](C)[C@H](NC(=O)[C@H](C)NC(=O)CNC(=O)[C@H](CCCN=C(N)N)NC(=O)[C@@H](N)CC(=O)O)C(=O)N[C@@H](Cc1cnc[nH]1)C(=O)N1CCC[C@H]1C(=O)N[C@@H](Cc1ccccc1)C(=O)O. The van der Waals surface area contributed by atoms with E-state index >= 15 is 0 Å². The maximum Gasteiger partial charge on any atom is 0.326 e. The number of benzene rings is 1. The van der Waals surface area contributed by atoms with Gasteiger partial charge >= 0.3 is 11.9 Å². The van der Waals surface area contributed by atoms with Crippen LogP contribution in [0.4, 0.5) is 0 Å². The van der Waals surface area contributed by atoms with Gasteiger partial charge in [0.15, 0.2) is 5.96 Å². The van der Waals surface area contributed by atoms with Crippen molar-refractivity contribution in [3.8, 4) is 0 Å². The van der Waals surface area contributed by atoms with Crippen molar-refractivity contribution in [3.63, 3.8) is 0 Å². The number of H-pyrrole nitrogens is 1. The number of guanidine groups is 1.